The minimum atomic E-state index is -1.49. The molecule has 0 atom stereocenters. The van der Waals surface area contributed by atoms with Crippen molar-refractivity contribution in [3.63, 3.8) is 0 Å². The van der Waals surface area contributed by atoms with Gasteiger partial charge in [0.15, 0.2) is 11.6 Å². The third kappa shape index (κ3) is 1.98. The highest BCUT2D eigenvalue weighted by Gasteiger charge is 2.44. The van der Waals surface area contributed by atoms with Gasteiger partial charge >= 0.3 is 5.97 Å². The lowest BCUT2D eigenvalue weighted by molar-refractivity contribution is -0.145. The van der Waals surface area contributed by atoms with Crippen molar-refractivity contribution in [1.82, 2.24) is 0 Å². The molecular formula is C13H13F3O2. The number of benzene rings is 1. The van der Waals surface area contributed by atoms with Crippen molar-refractivity contribution in [2.75, 3.05) is 0 Å². The van der Waals surface area contributed by atoms with Gasteiger partial charge in [-0.3, -0.25) is 4.79 Å². The van der Waals surface area contributed by atoms with E-state index in [9.17, 15) is 23.1 Å². The zero-order valence-electron chi connectivity index (χ0n) is 9.68. The first kappa shape index (κ1) is 12.9. The number of carboxylic acids is 1. The molecule has 1 N–H and O–H groups in total. The number of hydrogen-bond donors (Lipinski definition) is 1. The molecule has 0 saturated heterocycles. The summed E-state index contributed by atoms with van der Waals surface area (Å²) in [4.78, 5) is 11.4. The summed E-state index contributed by atoms with van der Waals surface area (Å²) in [6, 6.07) is 1.23. The van der Waals surface area contributed by atoms with Crippen molar-refractivity contribution < 1.29 is 23.1 Å². The molecule has 0 spiro atoms. The van der Waals surface area contributed by atoms with Crippen LogP contribution in [0.15, 0.2) is 12.1 Å². The Balaban J connectivity index is 2.59. The zero-order valence-corrected chi connectivity index (χ0v) is 9.68. The lowest BCUT2D eigenvalue weighted by Crippen LogP contribution is -2.39. The first-order valence-electron chi connectivity index (χ1n) is 5.86. The summed E-state index contributed by atoms with van der Waals surface area (Å²) < 4.78 is 40.2. The van der Waals surface area contributed by atoms with Gasteiger partial charge in [0.2, 0.25) is 0 Å². The molecule has 1 saturated carbocycles. The van der Waals surface area contributed by atoms with E-state index in [1.165, 1.54) is 0 Å². The van der Waals surface area contributed by atoms with E-state index in [4.69, 9.17) is 0 Å². The number of carboxylic acid groups (broad SMARTS) is 1. The SMILES string of the molecule is O=C(O)C1(c2cc(F)cc(F)c2F)CCCCC1. The van der Waals surface area contributed by atoms with Gasteiger partial charge in [-0.1, -0.05) is 19.3 Å². The highest BCUT2D eigenvalue weighted by Crippen LogP contribution is 2.41. The summed E-state index contributed by atoms with van der Waals surface area (Å²) >= 11 is 0. The Morgan fingerprint density at radius 3 is 2.28 bits per heavy atom. The summed E-state index contributed by atoms with van der Waals surface area (Å²) in [5.41, 5.74) is -1.86. The molecule has 18 heavy (non-hydrogen) atoms. The smallest absolute Gasteiger partial charge is 0.314 e. The van der Waals surface area contributed by atoms with Crippen LogP contribution in [0.5, 0.6) is 0 Å². The summed E-state index contributed by atoms with van der Waals surface area (Å²) in [5.74, 6) is -4.75. The minimum absolute atomic E-state index is 0.210. The predicted octanol–water partition coefficient (Wildman–Crippen LogP) is 3.39. The summed E-state index contributed by atoms with van der Waals surface area (Å²) in [6.07, 6.45) is 2.51. The Hall–Kier alpha value is -1.52. The normalized spacial score (nSPS) is 18.6. The largest absolute Gasteiger partial charge is 0.481 e. The van der Waals surface area contributed by atoms with Gasteiger partial charge in [0.1, 0.15) is 5.82 Å². The maximum atomic E-state index is 13.8. The number of rotatable bonds is 2. The molecule has 1 aliphatic carbocycles. The average Bonchev–Trinajstić information content (AvgIpc) is 2.34. The molecule has 1 aromatic carbocycles. The number of halogens is 3. The van der Waals surface area contributed by atoms with E-state index >= 15 is 0 Å². The van der Waals surface area contributed by atoms with Crippen LogP contribution >= 0.6 is 0 Å². The lowest BCUT2D eigenvalue weighted by atomic mass is 9.69. The topological polar surface area (TPSA) is 37.3 Å². The van der Waals surface area contributed by atoms with Gasteiger partial charge in [-0.25, -0.2) is 13.2 Å². The van der Waals surface area contributed by atoms with Crippen molar-refractivity contribution in [2.24, 2.45) is 0 Å². The maximum Gasteiger partial charge on any atom is 0.314 e. The van der Waals surface area contributed by atoms with E-state index < -0.39 is 28.8 Å². The van der Waals surface area contributed by atoms with Crippen LogP contribution in [0.1, 0.15) is 37.7 Å². The number of aliphatic carboxylic acids is 1. The molecule has 0 aliphatic heterocycles. The van der Waals surface area contributed by atoms with Gasteiger partial charge in [0.25, 0.3) is 0 Å². The van der Waals surface area contributed by atoms with Gasteiger partial charge in [-0.05, 0) is 18.9 Å². The third-order valence-electron chi connectivity index (χ3n) is 3.63. The van der Waals surface area contributed by atoms with E-state index in [2.05, 4.69) is 0 Å². The van der Waals surface area contributed by atoms with E-state index in [0.717, 1.165) is 12.5 Å². The van der Waals surface area contributed by atoms with Crippen LogP contribution in [-0.2, 0) is 10.2 Å². The Morgan fingerprint density at radius 2 is 1.72 bits per heavy atom. The quantitative estimate of drug-likeness (QED) is 0.825. The molecule has 0 unspecified atom stereocenters. The fourth-order valence-corrected chi connectivity index (χ4v) is 2.66. The second-order valence-corrected chi connectivity index (χ2v) is 4.70. The minimum Gasteiger partial charge on any atom is -0.481 e. The molecule has 0 bridgehead atoms. The van der Waals surface area contributed by atoms with Crippen molar-refractivity contribution >= 4 is 5.97 Å². The average molecular weight is 258 g/mol. The molecule has 0 aromatic heterocycles. The number of hydrogen-bond acceptors (Lipinski definition) is 1. The molecule has 0 radical (unpaired) electrons. The highest BCUT2D eigenvalue weighted by atomic mass is 19.2. The Morgan fingerprint density at radius 1 is 1.11 bits per heavy atom. The van der Waals surface area contributed by atoms with Crippen molar-refractivity contribution in [3.8, 4) is 0 Å². The second kappa shape index (κ2) is 4.63. The molecule has 1 aliphatic rings. The monoisotopic (exact) mass is 258 g/mol. The van der Waals surface area contributed by atoms with Crippen molar-refractivity contribution in [2.45, 2.75) is 37.5 Å². The maximum absolute atomic E-state index is 13.8. The fourth-order valence-electron chi connectivity index (χ4n) is 2.66. The molecule has 5 heteroatoms. The van der Waals surface area contributed by atoms with E-state index in [1.807, 2.05) is 0 Å². The van der Waals surface area contributed by atoms with Crippen LogP contribution in [0, 0.1) is 17.5 Å². The van der Waals surface area contributed by atoms with Gasteiger partial charge in [0, 0.05) is 11.6 Å². The van der Waals surface area contributed by atoms with Crippen LogP contribution in [0.25, 0.3) is 0 Å². The summed E-state index contributed by atoms with van der Waals surface area (Å²) in [5, 5.41) is 9.34. The Bertz CT molecular complexity index is 479. The zero-order chi connectivity index (χ0) is 13.3. The lowest BCUT2D eigenvalue weighted by Gasteiger charge is -2.33. The van der Waals surface area contributed by atoms with E-state index in [0.29, 0.717) is 18.9 Å². The molecule has 2 rings (SSSR count). The fraction of sp³-hybridized carbons (Fsp3) is 0.462. The molecule has 0 amide bonds. The molecule has 2 nitrogen and oxygen atoms in total. The molecule has 98 valence electrons. The van der Waals surface area contributed by atoms with Gasteiger partial charge < -0.3 is 5.11 Å². The van der Waals surface area contributed by atoms with E-state index in [1.54, 1.807) is 0 Å². The van der Waals surface area contributed by atoms with Gasteiger partial charge in [-0.15, -0.1) is 0 Å². The predicted molar refractivity (Wildman–Crippen MR) is 58.7 cm³/mol. The van der Waals surface area contributed by atoms with Crippen LogP contribution in [-0.4, -0.2) is 11.1 Å². The van der Waals surface area contributed by atoms with E-state index in [-0.39, 0.29) is 18.4 Å². The molecule has 0 heterocycles. The Kier molecular flexibility index (Phi) is 3.32. The molecule has 1 aromatic rings. The van der Waals surface area contributed by atoms with Gasteiger partial charge in [-0.2, -0.15) is 0 Å². The van der Waals surface area contributed by atoms with Crippen LogP contribution in [0.2, 0.25) is 0 Å². The summed E-state index contributed by atoms with van der Waals surface area (Å²) in [6.45, 7) is 0. The molecular weight excluding hydrogens is 245 g/mol. The van der Waals surface area contributed by atoms with Crippen LogP contribution in [0.4, 0.5) is 13.2 Å². The highest BCUT2D eigenvalue weighted by molar-refractivity contribution is 5.81. The van der Waals surface area contributed by atoms with Crippen molar-refractivity contribution in [1.29, 1.82) is 0 Å². The van der Waals surface area contributed by atoms with Crippen molar-refractivity contribution in [3.05, 3.63) is 35.1 Å². The third-order valence-corrected chi connectivity index (χ3v) is 3.63. The number of carbonyl (C=O) groups is 1. The van der Waals surface area contributed by atoms with Crippen LogP contribution < -0.4 is 0 Å². The summed E-state index contributed by atoms with van der Waals surface area (Å²) in [7, 11) is 0. The van der Waals surface area contributed by atoms with Crippen LogP contribution in [0.3, 0.4) is 0 Å². The Labute approximate surface area is 102 Å². The second-order valence-electron chi connectivity index (χ2n) is 4.70. The molecule has 1 fully saturated rings. The van der Waals surface area contributed by atoms with Gasteiger partial charge in [0.05, 0.1) is 5.41 Å². The first-order chi connectivity index (χ1) is 8.47. The first-order valence-corrected chi connectivity index (χ1v) is 5.86. The standard InChI is InChI=1S/C13H13F3O2/c14-8-6-9(11(16)10(15)7-8)13(12(17)18)4-2-1-3-5-13/h6-7H,1-5H2,(H,17,18).